The summed E-state index contributed by atoms with van der Waals surface area (Å²) in [5.74, 6) is -0.890. The Bertz CT molecular complexity index is 544. The fourth-order valence-corrected chi connectivity index (χ4v) is 2.64. The van der Waals surface area contributed by atoms with Crippen LogP contribution in [0.2, 0.25) is 0 Å². The van der Waals surface area contributed by atoms with Crippen LogP contribution in [0.3, 0.4) is 0 Å². The molecule has 0 saturated heterocycles. The predicted octanol–water partition coefficient (Wildman–Crippen LogP) is 3.47. The molecular weight excluding hydrogens is 258 g/mol. The highest BCUT2D eigenvalue weighted by Gasteiger charge is 2.20. The Morgan fingerprint density at radius 1 is 1.26 bits per heavy atom. The van der Waals surface area contributed by atoms with Crippen molar-refractivity contribution < 1.29 is 9.90 Å². The van der Waals surface area contributed by atoms with E-state index in [1.165, 1.54) is 4.88 Å². The van der Waals surface area contributed by atoms with Gasteiger partial charge in [0.05, 0.1) is 5.56 Å². The molecule has 0 radical (unpaired) electrons. The van der Waals surface area contributed by atoms with Crippen LogP contribution in [0.4, 0.5) is 0 Å². The Labute approximate surface area is 116 Å². The van der Waals surface area contributed by atoms with Gasteiger partial charge in [0.1, 0.15) is 0 Å². The number of hydrogen-bond donors (Lipinski definition) is 2. The molecule has 0 aliphatic rings. The summed E-state index contributed by atoms with van der Waals surface area (Å²) in [5.41, 5.74) is 1.32. The van der Waals surface area contributed by atoms with Gasteiger partial charge in [0.2, 0.25) is 0 Å². The van der Waals surface area contributed by atoms with E-state index in [0.717, 1.165) is 5.56 Å². The summed E-state index contributed by atoms with van der Waals surface area (Å²) >= 11 is 1.73. The van der Waals surface area contributed by atoms with Crippen molar-refractivity contribution in [2.24, 2.45) is 0 Å². The van der Waals surface area contributed by atoms with Crippen LogP contribution in [-0.2, 0) is 12.1 Å². The molecule has 19 heavy (non-hydrogen) atoms. The van der Waals surface area contributed by atoms with E-state index in [-0.39, 0.29) is 5.54 Å². The normalized spacial score (nSPS) is 11.5. The molecule has 2 aromatic rings. The lowest BCUT2D eigenvalue weighted by molar-refractivity contribution is 0.0697. The van der Waals surface area contributed by atoms with Crippen molar-refractivity contribution in [2.45, 2.75) is 25.9 Å². The smallest absolute Gasteiger partial charge is 0.335 e. The van der Waals surface area contributed by atoms with Gasteiger partial charge in [-0.1, -0.05) is 18.2 Å². The first-order valence-corrected chi connectivity index (χ1v) is 6.98. The van der Waals surface area contributed by atoms with Crippen molar-refractivity contribution in [1.82, 2.24) is 5.32 Å². The molecule has 1 aromatic heterocycles. The molecule has 0 aliphatic heterocycles. The second-order valence-corrected chi connectivity index (χ2v) is 5.91. The van der Waals surface area contributed by atoms with E-state index in [2.05, 4.69) is 30.6 Å². The van der Waals surface area contributed by atoms with Gasteiger partial charge in [-0.05, 0) is 43.0 Å². The summed E-state index contributed by atoms with van der Waals surface area (Å²) < 4.78 is 0. The summed E-state index contributed by atoms with van der Waals surface area (Å²) in [7, 11) is 0. The largest absolute Gasteiger partial charge is 0.478 e. The molecular formula is C15H17NO2S. The van der Waals surface area contributed by atoms with Gasteiger partial charge in [-0.15, -0.1) is 11.3 Å². The van der Waals surface area contributed by atoms with Crippen LogP contribution < -0.4 is 5.32 Å². The molecule has 100 valence electrons. The Balaban J connectivity index is 2.00. The van der Waals surface area contributed by atoms with Crippen molar-refractivity contribution >= 4 is 17.3 Å². The lowest BCUT2D eigenvalue weighted by Crippen LogP contribution is -2.35. The second-order valence-electron chi connectivity index (χ2n) is 4.96. The van der Waals surface area contributed by atoms with Crippen LogP contribution in [0, 0.1) is 0 Å². The van der Waals surface area contributed by atoms with Crippen molar-refractivity contribution in [3.05, 3.63) is 57.8 Å². The highest BCUT2D eigenvalue weighted by Crippen LogP contribution is 2.25. The quantitative estimate of drug-likeness (QED) is 0.878. The van der Waals surface area contributed by atoms with Crippen LogP contribution in [0.25, 0.3) is 0 Å². The zero-order valence-corrected chi connectivity index (χ0v) is 11.8. The zero-order valence-electron chi connectivity index (χ0n) is 11.0. The summed E-state index contributed by atoms with van der Waals surface area (Å²) in [6.45, 7) is 5.00. The summed E-state index contributed by atoms with van der Waals surface area (Å²) in [6, 6.07) is 11.1. The van der Waals surface area contributed by atoms with Crippen LogP contribution in [0.5, 0.6) is 0 Å². The fraction of sp³-hybridized carbons (Fsp3) is 0.267. The minimum absolute atomic E-state index is 0.0837. The van der Waals surface area contributed by atoms with E-state index in [1.54, 1.807) is 23.5 Å². The Morgan fingerprint density at radius 3 is 2.47 bits per heavy atom. The van der Waals surface area contributed by atoms with E-state index in [0.29, 0.717) is 12.1 Å². The first-order valence-electron chi connectivity index (χ1n) is 6.10. The maximum Gasteiger partial charge on any atom is 0.335 e. The minimum atomic E-state index is -0.890. The highest BCUT2D eigenvalue weighted by atomic mass is 32.1. The van der Waals surface area contributed by atoms with Gasteiger partial charge in [0.15, 0.2) is 0 Å². The molecule has 1 aromatic carbocycles. The molecule has 0 atom stereocenters. The number of thiophene rings is 1. The molecule has 2 N–H and O–H groups in total. The minimum Gasteiger partial charge on any atom is -0.478 e. The lowest BCUT2D eigenvalue weighted by atomic mass is 10.0. The van der Waals surface area contributed by atoms with Crippen molar-refractivity contribution in [3.63, 3.8) is 0 Å². The number of carboxylic acids is 1. The highest BCUT2D eigenvalue weighted by molar-refractivity contribution is 7.10. The third kappa shape index (κ3) is 3.43. The molecule has 1 heterocycles. The molecule has 3 nitrogen and oxygen atoms in total. The SMILES string of the molecule is CC(C)(NCc1ccc(C(=O)O)cc1)c1cccs1. The molecule has 0 spiro atoms. The first-order chi connectivity index (χ1) is 8.99. The van der Waals surface area contributed by atoms with E-state index in [1.807, 2.05) is 18.2 Å². The molecule has 0 saturated carbocycles. The molecule has 0 aliphatic carbocycles. The van der Waals surface area contributed by atoms with Crippen LogP contribution in [0.15, 0.2) is 41.8 Å². The van der Waals surface area contributed by atoms with E-state index >= 15 is 0 Å². The van der Waals surface area contributed by atoms with E-state index < -0.39 is 5.97 Å². The Morgan fingerprint density at radius 2 is 1.95 bits per heavy atom. The molecule has 0 amide bonds. The number of nitrogens with one attached hydrogen (secondary N) is 1. The maximum atomic E-state index is 10.8. The Hall–Kier alpha value is -1.65. The van der Waals surface area contributed by atoms with Crippen LogP contribution in [-0.4, -0.2) is 11.1 Å². The lowest BCUT2D eigenvalue weighted by Gasteiger charge is -2.25. The average molecular weight is 275 g/mol. The van der Waals surface area contributed by atoms with Gasteiger partial charge < -0.3 is 10.4 Å². The average Bonchev–Trinajstić information content (AvgIpc) is 2.91. The monoisotopic (exact) mass is 275 g/mol. The second kappa shape index (κ2) is 5.55. The molecule has 0 fully saturated rings. The number of aromatic carboxylic acids is 1. The van der Waals surface area contributed by atoms with Gasteiger partial charge in [0.25, 0.3) is 0 Å². The molecule has 4 heteroatoms. The van der Waals surface area contributed by atoms with Crippen molar-refractivity contribution in [1.29, 1.82) is 0 Å². The summed E-state index contributed by atoms with van der Waals surface area (Å²) in [4.78, 5) is 12.1. The third-order valence-corrected chi connectivity index (χ3v) is 4.27. The number of benzene rings is 1. The van der Waals surface area contributed by atoms with Gasteiger partial charge in [-0.2, -0.15) is 0 Å². The van der Waals surface area contributed by atoms with E-state index in [4.69, 9.17) is 5.11 Å². The zero-order chi connectivity index (χ0) is 13.9. The van der Waals surface area contributed by atoms with Gasteiger partial charge in [-0.25, -0.2) is 4.79 Å². The van der Waals surface area contributed by atoms with Crippen LogP contribution in [0.1, 0.15) is 34.6 Å². The van der Waals surface area contributed by atoms with E-state index in [9.17, 15) is 4.79 Å². The molecule has 0 bridgehead atoms. The Kier molecular flexibility index (Phi) is 4.02. The van der Waals surface area contributed by atoms with Crippen LogP contribution >= 0.6 is 11.3 Å². The number of carboxylic acid groups (broad SMARTS) is 1. The van der Waals surface area contributed by atoms with Gasteiger partial charge in [-0.3, -0.25) is 0 Å². The maximum absolute atomic E-state index is 10.8. The predicted molar refractivity (Wildman–Crippen MR) is 77.6 cm³/mol. The summed E-state index contributed by atoms with van der Waals surface area (Å²) in [6.07, 6.45) is 0. The molecule has 0 unspecified atom stereocenters. The van der Waals surface area contributed by atoms with Crippen molar-refractivity contribution in [3.8, 4) is 0 Å². The van der Waals surface area contributed by atoms with Gasteiger partial charge in [0, 0.05) is 17.0 Å². The third-order valence-electron chi connectivity index (χ3n) is 3.07. The number of rotatable bonds is 5. The molecule has 2 rings (SSSR count). The number of carbonyl (C=O) groups is 1. The topological polar surface area (TPSA) is 49.3 Å². The number of hydrogen-bond acceptors (Lipinski definition) is 3. The standard InChI is InChI=1S/C15H17NO2S/c1-15(2,13-4-3-9-19-13)16-10-11-5-7-12(8-6-11)14(17)18/h3-9,16H,10H2,1-2H3,(H,17,18). The van der Waals surface area contributed by atoms with Gasteiger partial charge >= 0.3 is 5.97 Å². The fourth-order valence-electron chi connectivity index (χ4n) is 1.81. The first kappa shape index (κ1) is 13.8. The summed E-state index contributed by atoms with van der Waals surface area (Å²) in [5, 5.41) is 14.4. The van der Waals surface area contributed by atoms with Crippen molar-refractivity contribution in [2.75, 3.05) is 0 Å².